The SMILES string of the molecule is C=CC(=O)c1cc(Cl)ccc1NC(=O)OC(C)(C)C. The first-order chi connectivity index (χ1) is 8.73. The van der Waals surface area contributed by atoms with Crippen molar-refractivity contribution >= 4 is 29.2 Å². The first kappa shape index (κ1) is 15.2. The van der Waals surface area contributed by atoms with Gasteiger partial charge in [0.1, 0.15) is 5.60 Å². The molecule has 0 aliphatic carbocycles. The zero-order chi connectivity index (χ0) is 14.6. The van der Waals surface area contributed by atoms with Gasteiger partial charge in [0.25, 0.3) is 0 Å². The molecule has 0 spiro atoms. The Morgan fingerprint density at radius 1 is 1.37 bits per heavy atom. The Kier molecular flexibility index (Phi) is 4.72. The number of carbonyl (C=O) groups excluding carboxylic acids is 2. The average Bonchev–Trinajstić information content (AvgIpc) is 2.28. The summed E-state index contributed by atoms with van der Waals surface area (Å²) in [4.78, 5) is 23.4. The Morgan fingerprint density at radius 2 is 2.00 bits per heavy atom. The molecular weight excluding hydrogens is 266 g/mol. The molecule has 0 unspecified atom stereocenters. The molecular formula is C14H16ClNO3. The van der Waals surface area contributed by atoms with Crippen LogP contribution in [0.4, 0.5) is 10.5 Å². The monoisotopic (exact) mass is 281 g/mol. The largest absolute Gasteiger partial charge is 0.444 e. The van der Waals surface area contributed by atoms with E-state index >= 15 is 0 Å². The molecule has 4 nitrogen and oxygen atoms in total. The fraction of sp³-hybridized carbons (Fsp3) is 0.286. The number of amides is 1. The van der Waals surface area contributed by atoms with Crippen LogP contribution in [-0.2, 0) is 4.74 Å². The molecule has 1 rings (SSSR count). The maximum atomic E-state index is 11.7. The van der Waals surface area contributed by atoms with Crippen LogP contribution in [0.1, 0.15) is 31.1 Å². The summed E-state index contributed by atoms with van der Waals surface area (Å²) in [7, 11) is 0. The van der Waals surface area contributed by atoms with Gasteiger partial charge in [-0.25, -0.2) is 4.79 Å². The van der Waals surface area contributed by atoms with Gasteiger partial charge >= 0.3 is 6.09 Å². The van der Waals surface area contributed by atoms with Gasteiger partial charge in [-0.05, 0) is 45.0 Å². The Hall–Kier alpha value is -1.81. The molecule has 0 aliphatic rings. The zero-order valence-electron chi connectivity index (χ0n) is 11.1. The van der Waals surface area contributed by atoms with Crippen molar-refractivity contribution in [3.05, 3.63) is 41.4 Å². The van der Waals surface area contributed by atoms with Crippen molar-refractivity contribution in [1.29, 1.82) is 0 Å². The predicted molar refractivity (Wildman–Crippen MR) is 75.8 cm³/mol. The van der Waals surface area contributed by atoms with E-state index in [0.717, 1.165) is 6.08 Å². The molecule has 1 aromatic carbocycles. The van der Waals surface area contributed by atoms with E-state index in [1.807, 2.05) is 0 Å². The van der Waals surface area contributed by atoms with Gasteiger partial charge in [-0.1, -0.05) is 18.2 Å². The van der Waals surface area contributed by atoms with E-state index in [9.17, 15) is 9.59 Å². The number of halogens is 1. The number of ketones is 1. The molecule has 0 saturated heterocycles. The van der Waals surface area contributed by atoms with Crippen LogP contribution >= 0.6 is 11.6 Å². The van der Waals surface area contributed by atoms with Gasteiger partial charge in [0.15, 0.2) is 5.78 Å². The standard InChI is InChI=1S/C14H16ClNO3/c1-5-12(17)10-8-9(15)6-7-11(10)16-13(18)19-14(2,3)4/h5-8H,1H2,2-4H3,(H,16,18). The first-order valence-corrected chi connectivity index (χ1v) is 6.07. The average molecular weight is 282 g/mol. The highest BCUT2D eigenvalue weighted by Crippen LogP contribution is 2.22. The number of carbonyl (C=O) groups is 2. The van der Waals surface area contributed by atoms with Gasteiger partial charge in [0, 0.05) is 10.6 Å². The molecule has 1 N–H and O–H groups in total. The topological polar surface area (TPSA) is 55.4 Å². The van der Waals surface area contributed by atoms with Crippen LogP contribution in [-0.4, -0.2) is 17.5 Å². The van der Waals surface area contributed by atoms with E-state index in [0.29, 0.717) is 10.7 Å². The third kappa shape index (κ3) is 4.75. The second-order valence-corrected chi connectivity index (χ2v) is 5.32. The highest BCUT2D eigenvalue weighted by Gasteiger charge is 2.18. The van der Waals surface area contributed by atoms with E-state index in [2.05, 4.69) is 11.9 Å². The minimum Gasteiger partial charge on any atom is -0.444 e. The van der Waals surface area contributed by atoms with Crippen molar-refractivity contribution in [2.75, 3.05) is 5.32 Å². The second-order valence-electron chi connectivity index (χ2n) is 4.89. The fourth-order valence-electron chi connectivity index (χ4n) is 1.35. The Bertz CT molecular complexity index is 518. The van der Waals surface area contributed by atoms with Crippen LogP contribution in [0.15, 0.2) is 30.9 Å². The van der Waals surface area contributed by atoms with Gasteiger partial charge in [-0.3, -0.25) is 10.1 Å². The van der Waals surface area contributed by atoms with E-state index in [1.165, 1.54) is 6.07 Å². The van der Waals surface area contributed by atoms with Crippen molar-refractivity contribution in [2.45, 2.75) is 26.4 Å². The van der Waals surface area contributed by atoms with E-state index in [4.69, 9.17) is 16.3 Å². The van der Waals surface area contributed by atoms with Gasteiger partial charge in [-0.15, -0.1) is 0 Å². The van der Waals surface area contributed by atoms with Gasteiger partial charge in [-0.2, -0.15) is 0 Å². The maximum Gasteiger partial charge on any atom is 0.412 e. The summed E-state index contributed by atoms with van der Waals surface area (Å²) >= 11 is 5.83. The summed E-state index contributed by atoms with van der Waals surface area (Å²) in [6.07, 6.45) is 0.527. The number of benzene rings is 1. The maximum absolute atomic E-state index is 11.7. The third-order valence-electron chi connectivity index (χ3n) is 2.07. The van der Waals surface area contributed by atoms with Crippen LogP contribution in [0.25, 0.3) is 0 Å². The molecule has 0 aliphatic heterocycles. The number of anilines is 1. The van der Waals surface area contributed by atoms with Gasteiger partial charge in [0.05, 0.1) is 5.69 Å². The molecule has 0 atom stereocenters. The second kappa shape index (κ2) is 5.89. The van der Waals surface area contributed by atoms with Crippen LogP contribution in [0, 0.1) is 0 Å². The van der Waals surface area contributed by atoms with Gasteiger partial charge < -0.3 is 4.74 Å². The van der Waals surface area contributed by atoms with E-state index < -0.39 is 11.7 Å². The fourth-order valence-corrected chi connectivity index (χ4v) is 1.52. The Balaban J connectivity index is 2.98. The van der Waals surface area contributed by atoms with Crippen LogP contribution in [0.5, 0.6) is 0 Å². The third-order valence-corrected chi connectivity index (χ3v) is 2.30. The van der Waals surface area contributed by atoms with Crippen molar-refractivity contribution in [1.82, 2.24) is 0 Å². The van der Waals surface area contributed by atoms with E-state index in [-0.39, 0.29) is 11.3 Å². The summed E-state index contributed by atoms with van der Waals surface area (Å²) in [6, 6.07) is 4.59. The molecule has 0 saturated carbocycles. The van der Waals surface area contributed by atoms with Crippen LogP contribution in [0.3, 0.4) is 0 Å². The highest BCUT2D eigenvalue weighted by atomic mass is 35.5. The molecule has 5 heteroatoms. The van der Waals surface area contributed by atoms with Crippen molar-refractivity contribution in [3.8, 4) is 0 Å². The van der Waals surface area contributed by atoms with Crippen molar-refractivity contribution < 1.29 is 14.3 Å². The summed E-state index contributed by atoms with van der Waals surface area (Å²) in [5, 5.41) is 2.92. The number of hydrogen-bond acceptors (Lipinski definition) is 3. The molecule has 1 amide bonds. The molecule has 0 aromatic heterocycles. The number of hydrogen-bond donors (Lipinski definition) is 1. The quantitative estimate of drug-likeness (QED) is 0.671. The Labute approximate surface area is 117 Å². The Morgan fingerprint density at radius 3 is 2.53 bits per heavy atom. The number of ether oxygens (including phenoxy) is 1. The molecule has 19 heavy (non-hydrogen) atoms. The predicted octanol–water partition coefficient (Wildman–Crippen LogP) is 4.06. The lowest BCUT2D eigenvalue weighted by Crippen LogP contribution is -2.27. The lowest BCUT2D eigenvalue weighted by Gasteiger charge is -2.20. The minimum atomic E-state index is -0.632. The number of nitrogens with one attached hydrogen (secondary N) is 1. The zero-order valence-corrected chi connectivity index (χ0v) is 11.9. The minimum absolute atomic E-state index is 0.272. The molecule has 0 fully saturated rings. The highest BCUT2D eigenvalue weighted by molar-refractivity contribution is 6.31. The summed E-state index contributed by atoms with van der Waals surface area (Å²) < 4.78 is 5.12. The molecule has 102 valence electrons. The molecule has 1 aromatic rings. The smallest absolute Gasteiger partial charge is 0.412 e. The normalized spacial score (nSPS) is 10.7. The summed E-state index contributed by atoms with van der Waals surface area (Å²) in [5.74, 6) is -0.325. The first-order valence-electron chi connectivity index (χ1n) is 5.69. The van der Waals surface area contributed by atoms with Gasteiger partial charge in [0.2, 0.25) is 0 Å². The molecule has 0 heterocycles. The number of rotatable bonds is 3. The van der Waals surface area contributed by atoms with Crippen molar-refractivity contribution in [2.24, 2.45) is 0 Å². The van der Waals surface area contributed by atoms with Crippen molar-refractivity contribution in [3.63, 3.8) is 0 Å². The van der Waals surface area contributed by atoms with E-state index in [1.54, 1.807) is 32.9 Å². The molecule has 0 radical (unpaired) electrons. The number of allylic oxidation sites excluding steroid dienone is 1. The summed E-state index contributed by atoms with van der Waals surface area (Å²) in [5.41, 5.74) is -0.00374. The summed E-state index contributed by atoms with van der Waals surface area (Å²) in [6.45, 7) is 8.67. The lowest BCUT2D eigenvalue weighted by molar-refractivity contribution is 0.0636. The lowest BCUT2D eigenvalue weighted by atomic mass is 10.1. The molecule has 0 bridgehead atoms. The van der Waals surface area contributed by atoms with Crippen LogP contribution in [0.2, 0.25) is 5.02 Å². The van der Waals surface area contributed by atoms with Crippen LogP contribution < -0.4 is 5.32 Å².